The van der Waals surface area contributed by atoms with Crippen molar-refractivity contribution in [1.29, 1.82) is 0 Å². The van der Waals surface area contributed by atoms with Gasteiger partial charge in [0.1, 0.15) is 45.4 Å². The number of aryl methyl sites for hydroxylation is 1. The van der Waals surface area contributed by atoms with E-state index in [1.165, 1.54) is 57.7 Å². The summed E-state index contributed by atoms with van der Waals surface area (Å²) in [5, 5.41) is 9.19. The summed E-state index contributed by atoms with van der Waals surface area (Å²) >= 11 is 3.78. The second-order valence-corrected chi connectivity index (χ2v) is 27.1. The maximum atomic E-state index is 6.78. The Morgan fingerprint density at radius 3 is 1.01 bits per heavy atom. The van der Waals surface area contributed by atoms with Crippen molar-refractivity contribution in [3.63, 3.8) is 0 Å². The molecule has 0 unspecified atom stereocenters. The first kappa shape index (κ1) is 49.3. The fourth-order valence-electron chi connectivity index (χ4n) is 13.2. The maximum Gasteiger partial charge on any atom is 0.256 e. The Kier molecular flexibility index (Phi) is 10.5. The summed E-state index contributed by atoms with van der Waals surface area (Å²) in [6.07, 6.45) is 0. The van der Waals surface area contributed by atoms with E-state index >= 15 is 0 Å². The van der Waals surface area contributed by atoms with Crippen LogP contribution in [-0.4, -0.2) is 6.71 Å². The van der Waals surface area contributed by atoms with Gasteiger partial charge in [0, 0.05) is 75.9 Å². The van der Waals surface area contributed by atoms with Crippen LogP contribution in [-0.2, 0) is 10.8 Å². The number of nitrogens with zero attached hydrogens (tertiary/aromatic N) is 2. The Hall–Kier alpha value is -9.28. The highest BCUT2D eigenvalue weighted by Gasteiger charge is 2.48. The number of para-hydroxylation sites is 4. The lowest BCUT2D eigenvalue weighted by Gasteiger charge is -2.42. The summed E-state index contributed by atoms with van der Waals surface area (Å²) in [4.78, 5) is 5.14. The molecule has 0 aliphatic carbocycles. The van der Waals surface area contributed by atoms with Gasteiger partial charge in [0.05, 0.1) is 10.0 Å². The van der Waals surface area contributed by atoms with Crippen molar-refractivity contribution in [3.8, 4) is 45.3 Å². The van der Waals surface area contributed by atoms with E-state index in [9.17, 15) is 0 Å². The van der Waals surface area contributed by atoms with Crippen molar-refractivity contribution in [2.24, 2.45) is 0 Å². The number of furan rings is 4. The van der Waals surface area contributed by atoms with Gasteiger partial charge in [-0.1, -0.05) is 139 Å². The molecule has 0 saturated heterocycles. The lowest BCUT2D eigenvalue weighted by Crippen LogP contribution is -2.60. The number of hydrogen-bond donors (Lipinski definition) is 0. The van der Waals surface area contributed by atoms with Crippen LogP contribution in [0.25, 0.3) is 109 Å². The Labute approximate surface area is 494 Å². The zero-order valence-electron chi connectivity index (χ0n) is 47.6. The Balaban J connectivity index is 0.986. The molecular formula is C75H55BN2O4S2. The van der Waals surface area contributed by atoms with E-state index in [1.54, 1.807) is 0 Å². The molecule has 84 heavy (non-hydrogen) atoms. The number of hydrogen-bond acceptors (Lipinski definition) is 8. The summed E-state index contributed by atoms with van der Waals surface area (Å²) in [6, 6.07) is 74.8. The van der Waals surface area contributed by atoms with Gasteiger partial charge in [0.2, 0.25) is 0 Å². The van der Waals surface area contributed by atoms with E-state index in [4.69, 9.17) is 17.7 Å². The summed E-state index contributed by atoms with van der Waals surface area (Å²) in [5.74, 6) is 3.18. The van der Waals surface area contributed by atoms with Crippen LogP contribution in [0.3, 0.4) is 0 Å². The first-order chi connectivity index (χ1) is 40.7. The first-order valence-corrected chi connectivity index (χ1v) is 30.5. The van der Waals surface area contributed by atoms with Crippen LogP contribution < -0.4 is 26.2 Å². The highest BCUT2D eigenvalue weighted by Crippen LogP contribution is 2.53. The standard InChI is InChI=1S/C75H55BN2O4S2/c1-42-28-57-71-58(29-42)78(54-34-49(65-38-45-18-10-14-22-61(45)81-65)31-50(35-54)66-39-46-19-11-15-23-62(46)82-66)73-70(56-41-52(75(5,6)7)25-27-68(56)84-73)76(71)69-55-40-51(74(2,3)4)24-26-67(55)83-72(69)77(57)53-32-47(63-36-43-16-8-12-20-59(43)79-63)30-48(33-53)64-37-44-17-9-13-21-60(44)80-64/h8-41H,1-7H3. The second kappa shape index (κ2) is 17.9. The SMILES string of the molecule is Cc1cc2c3c(c1)N(c1cc(-c4cc5ccccc5o4)cc(-c4cc5ccccc5o4)c1)c1sc4ccc(C(C)(C)C)cc4c1B3c1c(sc3ccc(C(C)(C)C)cc13)N2c1cc(-c2cc3ccccc3o2)cc(-c2cc3ccccc3o2)c1. The number of benzene rings is 9. The molecule has 8 heterocycles. The molecule has 0 saturated carbocycles. The van der Waals surface area contributed by atoms with Crippen LogP contribution in [0.15, 0.2) is 224 Å². The highest BCUT2D eigenvalue weighted by atomic mass is 32.1. The fourth-order valence-corrected chi connectivity index (χ4v) is 15.7. The average molecular weight is 1120 g/mol. The minimum atomic E-state index is -0.136. The monoisotopic (exact) mass is 1120 g/mol. The van der Waals surface area contributed by atoms with Crippen LogP contribution in [0.1, 0.15) is 58.2 Å². The van der Waals surface area contributed by atoms with Gasteiger partial charge in [-0.05, 0) is 171 Å². The van der Waals surface area contributed by atoms with Crippen molar-refractivity contribution >= 4 is 143 Å². The molecule has 404 valence electrons. The Morgan fingerprint density at radius 1 is 0.357 bits per heavy atom. The maximum absolute atomic E-state index is 6.78. The van der Waals surface area contributed by atoms with Gasteiger partial charge in [-0.25, -0.2) is 0 Å². The molecule has 9 aromatic carbocycles. The molecule has 2 aliphatic heterocycles. The van der Waals surface area contributed by atoms with E-state index in [0.29, 0.717) is 0 Å². The lowest BCUT2D eigenvalue weighted by atomic mass is 9.33. The largest absolute Gasteiger partial charge is 0.456 e. The molecular weight excluding hydrogens is 1070 g/mol. The normalized spacial score (nSPS) is 13.3. The second-order valence-electron chi connectivity index (χ2n) is 25.0. The smallest absolute Gasteiger partial charge is 0.256 e. The number of anilines is 6. The molecule has 17 rings (SSSR count). The topological polar surface area (TPSA) is 59.0 Å². The van der Waals surface area contributed by atoms with E-state index in [-0.39, 0.29) is 17.5 Å². The minimum Gasteiger partial charge on any atom is -0.456 e. The third-order valence-corrected chi connectivity index (χ3v) is 19.7. The zero-order valence-corrected chi connectivity index (χ0v) is 49.2. The molecule has 0 amide bonds. The fraction of sp³-hybridized carbons (Fsp3) is 0.120. The number of rotatable bonds is 6. The van der Waals surface area contributed by atoms with Gasteiger partial charge in [0.15, 0.2) is 0 Å². The van der Waals surface area contributed by atoms with Gasteiger partial charge in [-0.15, -0.1) is 22.7 Å². The number of thiophene rings is 2. The van der Waals surface area contributed by atoms with Crippen LogP contribution in [0, 0.1) is 6.92 Å². The van der Waals surface area contributed by atoms with Crippen molar-refractivity contribution in [3.05, 3.63) is 223 Å². The van der Waals surface area contributed by atoms with Gasteiger partial charge < -0.3 is 27.5 Å². The summed E-state index contributed by atoms with van der Waals surface area (Å²) < 4.78 is 29.6. The van der Waals surface area contributed by atoms with Crippen molar-refractivity contribution in [2.45, 2.75) is 59.3 Å². The molecule has 0 radical (unpaired) electrons. The van der Waals surface area contributed by atoms with E-state index in [1.807, 2.05) is 71.2 Å². The van der Waals surface area contributed by atoms with Crippen molar-refractivity contribution in [1.82, 2.24) is 0 Å². The van der Waals surface area contributed by atoms with Crippen LogP contribution in [0.5, 0.6) is 0 Å². The summed E-state index contributed by atoms with van der Waals surface area (Å²) in [5.41, 5.74) is 19.0. The number of fused-ring (bicyclic) bond motifs is 12. The molecule has 0 atom stereocenters. The molecule has 0 bridgehead atoms. The van der Waals surface area contributed by atoms with E-state index < -0.39 is 0 Å². The predicted octanol–water partition coefficient (Wildman–Crippen LogP) is 20.8. The average Bonchev–Trinajstić information content (AvgIpc) is 1.49. The Morgan fingerprint density at radius 2 is 0.690 bits per heavy atom. The predicted molar refractivity (Wildman–Crippen MR) is 354 cm³/mol. The van der Waals surface area contributed by atoms with Gasteiger partial charge in [-0.2, -0.15) is 0 Å². The molecule has 15 aromatic rings. The van der Waals surface area contributed by atoms with Gasteiger partial charge >= 0.3 is 0 Å². The molecule has 6 aromatic heterocycles. The van der Waals surface area contributed by atoms with E-state index in [2.05, 4.69) is 216 Å². The van der Waals surface area contributed by atoms with E-state index in [0.717, 1.165) is 117 Å². The van der Waals surface area contributed by atoms with Crippen molar-refractivity contribution in [2.75, 3.05) is 9.80 Å². The molecule has 0 fully saturated rings. The van der Waals surface area contributed by atoms with Crippen LogP contribution in [0.2, 0.25) is 0 Å². The molecule has 0 spiro atoms. The lowest BCUT2D eigenvalue weighted by molar-refractivity contribution is 0.591. The third-order valence-electron chi connectivity index (χ3n) is 17.4. The first-order valence-electron chi connectivity index (χ1n) is 28.9. The third kappa shape index (κ3) is 7.68. The summed E-state index contributed by atoms with van der Waals surface area (Å²) in [7, 11) is 0. The quantitative estimate of drug-likeness (QED) is 0.155. The Bertz CT molecular complexity index is 4600. The van der Waals surface area contributed by atoms with Crippen LogP contribution in [0.4, 0.5) is 32.8 Å². The van der Waals surface area contributed by atoms with Crippen LogP contribution >= 0.6 is 22.7 Å². The highest BCUT2D eigenvalue weighted by molar-refractivity contribution is 7.29. The molecule has 0 N–H and O–H groups in total. The molecule has 2 aliphatic rings. The van der Waals surface area contributed by atoms with Crippen molar-refractivity contribution < 1.29 is 17.7 Å². The van der Waals surface area contributed by atoms with Gasteiger partial charge in [-0.3, -0.25) is 0 Å². The van der Waals surface area contributed by atoms with Gasteiger partial charge in [0.25, 0.3) is 6.71 Å². The summed E-state index contributed by atoms with van der Waals surface area (Å²) in [6.45, 7) is 16.1. The molecule has 9 heteroatoms. The zero-order chi connectivity index (χ0) is 56.5. The minimum absolute atomic E-state index is 0.0897. The molecule has 6 nitrogen and oxygen atoms in total.